The van der Waals surface area contributed by atoms with Crippen molar-refractivity contribution in [1.82, 2.24) is 4.99 Å². The fourth-order valence-electron chi connectivity index (χ4n) is 1.51. The number of hydrogen-bond donors (Lipinski definition) is 0. The highest BCUT2D eigenvalue weighted by Crippen LogP contribution is 2.23. The van der Waals surface area contributed by atoms with Gasteiger partial charge in [0.1, 0.15) is 0 Å². The predicted octanol–water partition coefficient (Wildman–Crippen LogP) is 1.44. The molecule has 0 amide bonds. The van der Waals surface area contributed by atoms with Crippen LogP contribution in [0.2, 0.25) is 0 Å². The summed E-state index contributed by atoms with van der Waals surface area (Å²) >= 11 is 0. The Morgan fingerprint density at radius 3 is 3.20 bits per heavy atom. The lowest BCUT2D eigenvalue weighted by atomic mass is 9.92. The number of nitrogens with zero attached hydrogens (tertiary/aromatic N) is 1. The molecule has 0 saturated carbocycles. The van der Waals surface area contributed by atoms with Crippen LogP contribution in [0.15, 0.2) is 23.3 Å². The summed E-state index contributed by atoms with van der Waals surface area (Å²) < 4.78 is 0. The van der Waals surface area contributed by atoms with Crippen LogP contribution in [0.3, 0.4) is 0 Å². The van der Waals surface area contributed by atoms with Crippen LogP contribution in [0, 0.1) is 0 Å². The first kappa shape index (κ1) is 5.90. The van der Waals surface area contributed by atoms with Crippen molar-refractivity contribution in [3.8, 4) is 0 Å². The maximum absolute atomic E-state index is 4.19. The highest BCUT2D eigenvalue weighted by Gasteiger charge is 2.16. The van der Waals surface area contributed by atoms with Gasteiger partial charge in [0, 0.05) is 16.6 Å². The molecule has 0 bridgehead atoms. The van der Waals surface area contributed by atoms with Crippen molar-refractivity contribution in [2.45, 2.75) is 19.3 Å². The summed E-state index contributed by atoms with van der Waals surface area (Å²) in [7, 11) is 0. The van der Waals surface area contributed by atoms with Crippen LogP contribution in [0.25, 0.3) is 0 Å². The van der Waals surface area contributed by atoms with E-state index in [0.717, 1.165) is 6.54 Å². The Hall–Kier alpha value is -0.850. The minimum absolute atomic E-state index is 0.922. The SMILES string of the molecule is C1=[N+]CC2=CCCCC2=C1. The number of hydrogen-bond acceptors (Lipinski definition) is 1. The van der Waals surface area contributed by atoms with Crippen LogP contribution in [0.1, 0.15) is 19.3 Å². The van der Waals surface area contributed by atoms with Crippen LogP contribution in [-0.4, -0.2) is 12.8 Å². The van der Waals surface area contributed by atoms with E-state index in [2.05, 4.69) is 17.1 Å². The Balaban J connectivity index is 2.32. The lowest BCUT2D eigenvalue weighted by molar-refractivity contribution is 0.782. The Kier molecular flexibility index (Phi) is 1.42. The third-order valence-corrected chi connectivity index (χ3v) is 2.10. The lowest BCUT2D eigenvalue weighted by Gasteiger charge is -2.12. The first-order valence-electron chi connectivity index (χ1n) is 3.85. The van der Waals surface area contributed by atoms with Gasteiger partial charge in [0.2, 0.25) is 12.8 Å². The molecule has 0 N–H and O–H groups in total. The molecule has 0 unspecified atom stereocenters. The monoisotopic (exact) mass is 133 g/mol. The molecule has 1 heterocycles. The largest absolute Gasteiger partial charge is 0.235 e. The van der Waals surface area contributed by atoms with Crippen LogP contribution in [-0.2, 0) is 0 Å². The van der Waals surface area contributed by atoms with Crippen LogP contribution in [0.4, 0.5) is 0 Å². The molecule has 0 aromatic rings. The van der Waals surface area contributed by atoms with Crippen molar-refractivity contribution in [3.05, 3.63) is 23.3 Å². The topological polar surface area (TPSA) is 14.1 Å². The molecule has 2 rings (SSSR count). The standard InChI is InChI=1S/C9H11N/c1-2-4-9-7-10-6-5-8(9)3-1/h4-6H,1-3,7H2/q+1. The maximum atomic E-state index is 4.19. The van der Waals surface area contributed by atoms with E-state index in [4.69, 9.17) is 0 Å². The molecule has 0 saturated heterocycles. The average Bonchev–Trinajstić information content (AvgIpc) is 2.05. The normalized spacial score (nSPS) is 23.2. The number of rotatable bonds is 0. The van der Waals surface area contributed by atoms with E-state index in [1.165, 1.54) is 30.4 Å². The minimum atomic E-state index is 0.922. The Morgan fingerprint density at radius 2 is 2.30 bits per heavy atom. The van der Waals surface area contributed by atoms with Gasteiger partial charge in [-0.05, 0) is 24.8 Å². The summed E-state index contributed by atoms with van der Waals surface area (Å²) in [5.74, 6) is 0. The van der Waals surface area contributed by atoms with Gasteiger partial charge in [-0.15, -0.1) is 0 Å². The molecule has 51 valence electrons. The van der Waals surface area contributed by atoms with Gasteiger partial charge in [-0.1, -0.05) is 6.08 Å². The Labute approximate surface area is 61.2 Å². The van der Waals surface area contributed by atoms with Crippen LogP contribution < -0.4 is 4.99 Å². The van der Waals surface area contributed by atoms with E-state index in [-0.39, 0.29) is 0 Å². The third kappa shape index (κ3) is 0.919. The summed E-state index contributed by atoms with van der Waals surface area (Å²) in [4.78, 5) is 4.19. The quantitative estimate of drug-likeness (QED) is 0.475. The molecule has 1 radical (unpaired) electrons. The second kappa shape index (κ2) is 2.41. The second-order valence-corrected chi connectivity index (χ2v) is 2.80. The second-order valence-electron chi connectivity index (χ2n) is 2.80. The van der Waals surface area contributed by atoms with Gasteiger partial charge in [-0.3, -0.25) is 0 Å². The number of dihydropyridines is 1. The van der Waals surface area contributed by atoms with Crippen molar-refractivity contribution >= 4 is 6.21 Å². The van der Waals surface area contributed by atoms with E-state index in [1.807, 2.05) is 6.21 Å². The van der Waals surface area contributed by atoms with Crippen molar-refractivity contribution < 1.29 is 0 Å². The highest BCUT2D eigenvalue weighted by atomic mass is 14.7. The van der Waals surface area contributed by atoms with Crippen molar-refractivity contribution in [2.24, 2.45) is 0 Å². The van der Waals surface area contributed by atoms with E-state index in [9.17, 15) is 0 Å². The number of fused-ring (bicyclic) bond motifs is 1. The summed E-state index contributed by atoms with van der Waals surface area (Å²) in [6.45, 7) is 0.922. The summed E-state index contributed by atoms with van der Waals surface area (Å²) in [6.07, 6.45) is 10.2. The van der Waals surface area contributed by atoms with E-state index >= 15 is 0 Å². The summed E-state index contributed by atoms with van der Waals surface area (Å²) in [5, 5.41) is 0. The van der Waals surface area contributed by atoms with Crippen LogP contribution in [0.5, 0.6) is 0 Å². The van der Waals surface area contributed by atoms with Crippen molar-refractivity contribution in [1.29, 1.82) is 0 Å². The van der Waals surface area contributed by atoms with E-state index in [1.54, 1.807) is 0 Å². The zero-order valence-electron chi connectivity index (χ0n) is 6.01. The zero-order chi connectivity index (χ0) is 6.81. The molecule has 1 nitrogen and oxygen atoms in total. The van der Waals surface area contributed by atoms with E-state index in [0.29, 0.717) is 0 Å². The summed E-state index contributed by atoms with van der Waals surface area (Å²) in [6, 6.07) is 0. The van der Waals surface area contributed by atoms with Gasteiger partial charge >= 0.3 is 0 Å². The Morgan fingerprint density at radius 1 is 1.30 bits per heavy atom. The molecular formula is C9H11N+. The molecular weight excluding hydrogens is 122 g/mol. The smallest absolute Gasteiger partial charge is 0.0745 e. The van der Waals surface area contributed by atoms with E-state index < -0.39 is 0 Å². The van der Waals surface area contributed by atoms with Crippen molar-refractivity contribution in [2.75, 3.05) is 6.54 Å². The molecule has 1 heteroatoms. The first-order valence-corrected chi connectivity index (χ1v) is 3.85. The molecule has 0 spiro atoms. The molecule has 1 aliphatic carbocycles. The first-order chi connectivity index (χ1) is 4.97. The van der Waals surface area contributed by atoms with Gasteiger partial charge in [0.05, 0.1) is 0 Å². The summed E-state index contributed by atoms with van der Waals surface area (Å²) in [5.41, 5.74) is 2.98. The number of aliphatic imine (C=N–C) groups is 1. The maximum Gasteiger partial charge on any atom is 0.235 e. The Bertz CT molecular complexity index is 221. The lowest BCUT2D eigenvalue weighted by Crippen LogP contribution is -2.10. The van der Waals surface area contributed by atoms with Gasteiger partial charge in [-0.2, -0.15) is 0 Å². The molecule has 0 aromatic carbocycles. The third-order valence-electron chi connectivity index (χ3n) is 2.10. The van der Waals surface area contributed by atoms with Gasteiger partial charge in [-0.25, -0.2) is 0 Å². The molecule has 10 heavy (non-hydrogen) atoms. The molecule has 0 fully saturated rings. The molecule has 1 aliphatic heterocycles. The molecule has 2 aliphatic rings. The fraction of sp³-hybridized carbons (Fsp3) is 0.444. The molecule has 0 aromatic heterocycles. The number of allylic oxidation sites excluding steroid dienone is 2. The predicted molar refractivity (Wildman–Crippen MR) is 43.1 cm³/mol. The van der Waals surface area contributed by atoms with Gasteiger partial charge in [0.15, 0.2) is 0 Å². The van der Waals surface area contributed by atoms with Gasteiger partial charge in [0.25, 0.3) is 0 Å². The highest BCUT2D eigenvalue weighted by molar-refractivity contribution is 5.74. The zero-order valence-corrected chi connectivity index (χ0v) is 6.01. The molecule has 0 atom stereocenters. The van der Waals surface area contributed by atoms with Gasteiger partial charge < -0.3 is 0 Å². The minimum Gasteiger partial charge on any atom is -0.0745 e. The fourth-order valence-corrected chi connectivity index (χ4v) is 1.51. The van der Waals surface area contributed by atoms with Crippen LogP contribution >= 0.6 is 0 Å². The van der Waals surface area contributed by atoms with Crippen molar-refractivity contribution in [3.63, 3.8) is 0 Å². The average molecular weight is 133 g/mol.